The fraction of sp³-hybridized carbons (Fsp3) is 0.385. The van der Waals surface area contributed by atoms with E-state index in [9.17, 15) is 4.39 Å². The molecule has 0 amide bonds. The van der Waals surface area contributed by atoms with Crippen LogP contribution in [0.4, 0.5) is 4.39 Å². The lowest BCUT2D eigenvalue weighted by atomic mass is 10.0. The number of methoxy groups -OCH3 is 1. The van der Waals surface area contributed by atoms with Gasteiger partial charge in [0.25, 0.3) is 0 Å². The summed E-state index contributed by atoms with van der Waals surface area (Å²) in [6.07, 6.45) is 11.9. The molecule has 2 fully saturated rings. The van der Waals surface area contributed by atoms with Gasteiger partial charge in [-0.15, -0.1) is 0 Å². The summed E-state index contributed by atoms with van der Waals surface area (Å²) in [5.41, 5.74) is 3.38. The number of hydrogen-bond donors (Lipinski definition) is 1. The lowest BCUT2D eigenvalue weighted by Gasteiger charge is -2.35. The predicted octanol–water partition coefficient (Wildman–Crippen LogP) is 3.69. The van der Waals surface area contributed by atoms with E-state index in [2.05, 4.69) is 43.9 Å². The molecule has 5 rings (SSSR count). The first-order valence-electron chi connectivity index (χ1n) is 11.8. The van der Waals surface area contributed by atoms with Gasteiger partial charge in [-0.05, 0) is 49.7 Å². The van der Waals surface area contributed by atoms with Crippen LogP contribution in [0.3, 0.4) is 0 Å². The van der Waals surface area contributed by atoms with Gasteiger partial charge in [0.1, 0.15) is 0 Å². The number of aromatic nitrogens is 3. The fourth-order valence-corrected chi connectivity index (χ4v) is 5.05. The van der Waals surface area contributed by atoms with Crippen molar-refractivity contribution in [2.45, 2.75) is 18.9 Å². The van der Waals surface area contributed by atoms with E-state index < -0.39 is 5.82 Å². The Kier molecular flexibility index (Phi) is 6.71. The van der Waals surface area contributed by atoms with Crippen molar-refractivity contribution in [1.29, 1.82) is 0 Å². The maximum Gasteiger partial charge on any atom is 0.167 e. The number of likely N-dealkylation sites (tertiary alicyclic amines) is 1. The number of pyridine rings is 1. The minimum Gasteiger partial charge on any atom is -0.494 e. The topological polar surface area (TPSA) is 58.5 Å². The van der Waals surface area contributed by atoms with Crippen molar-refractivity contribution in [1.82, 2.24) is 29.9 Å². The maximum atomic E-state index is 14.2. The summed E-state index contributed by atoms with van der Waals surface area (Å²) in [5, 5.41) is 8.75. The quantitative estimate of drug-likeness (QED) is 0.578. The van der Waals surface area contributed by atoms with Crippen molar-refractivity contribution in [2.75, 3.05) is 46.5 Å². The van der Waals surface area contributed by atoms with Crippen molar-refractivity contribution in [3.63, 3.8) is 0 Å². The van der Waals surface area contributed by atoms with Crippen molar-refractivity contribution in [3.8, 4) is 16.9 Å². The average molecular weight is 463 g/mol. The van der Waals surface area contributed by atoms with Crippen molar-refractivity contribution in [2.24, 2.45) is 0 Å². The molecule has 0 atom stereocenters. The molecular weight excluding hydrogens is 431 g/mol. The third-order valence-corrected chi connectivity index (χ3v) is 6.92. The number of piperidine rings is 1. The molecule has 0 radical (unpaired) electrons. The number of ether oxygens (including phenoxy) is 1. The van der Waals surface area contributed by atoms with Crippen LogP contribution < -0.4 is 10.1 Å². The lowest BCUT2D eigenvalue weighted by molar-refractivity contribution is 0.134. The van der Waals surface area contributed by atoms with Gasteiger partial charge in [-0.2, -0.15) is 5.10 Å². The number of fused-ring (bicyclic) bond motifs is 1. The van der Waals surface area contributed by atoms with E-state index in [1.165, 1.54) is 32.6 Å². The lowest BCUT2D eigenvalue weighted by Crippen LogP contribution is -2.44. The van der Waals surface area contributed by atoms with Crippen LogP contribution in [-0.2, 0) is 0 Å². The second kappa shape index (κ2) is 10.0. The highest BCUT2D eigenvalue weighted by molar-refractivity contribution is 5.97. The minimum absolute atomic E-state index is 0.197. The molecular formula is C26H31FN6O. The molecule has 0 unspecified atom stereocenters. The number of benzene rings is 1. The van der Waals surface area contributed by atoms with Gasteiger partial charge in [0.05, 0.1) is 24.5 Å². The summed E-state index contributed by atoms with van der Waals surface area (Å²) in [4.78, 5) is 9.41. The van der Waals surface area contributed by atoms with Crippen LogP contribution in [0.1, 0.15) is 18.5 Å². The third-order valence-electron chi connectivity index (χ3n) is 6.92. The first-order valence-corrected chi connectivity index (χ1v) is 11.8. The minimum atomic E-state index is -0.425. The van der Waals surface area contributed by atoms with Crippen LogP contribution >= 0.6 is 0 Å². The van der Waals surface area contributed by atoms with E-state index in [0.717, 1.165) is 55.1 Å². The van der Waals surface area contributed by atoms with Crippen LogP contribution in [0.5, 0.6) is 5.75 Å². The molecule has 4 heterocycles. The highest BCUT2D eigenvalue weighted by Crippen LogP contribution is 2.34. The Morgan fingerprint density at radius 2 is 2.09 bits per heavy atom. The van der Waals surface area contributed by atoms with Crippen LogP contribution in [0.2, 0.25) is 0 Å². The smallest absolute Gasteiger partial charge is 0.167 e. The van der Waals surface area contributed by atoms with E-state index in [4.69, 9.17) is 4.74 Å². The van der Waals surface area contributed by atoms with E-state index in [1.807, 2.05) is 12.3 Å². The summed E-state index contributed by atoms with van der Waals surface area (Å²) in [7, 11) is 1.47. The molecule has 2 aliphatic rings. The van der Waals surface area contributed by atoms with Gasteiger partial charge in [0.15, 0.2) is 11.6 Å². The number of nitrogens with one attached hydrogen (secondary N) is 1. The zero-order chi connectivity index (χ0) is 23.5. The molecule has 7 nitrogen and oxygen atoms in total. The normalized spacial score (nSPS) is 18.3. The Hall–Kier alpha value is -3.07. The summed E-state index contributed by atoms with van der Waals surface area (Å²) in [5.74, 6) is -0.227. The molecule has 2 aliphatic heterocycles. The highest BCUT2D eigenvalue weighted by Gasteiger charge is 2.25. The summed E-state index contributed by atoms with van der Waals surface area (Å²) in [6, 6.07) is 5.74. The van der Waals surface area contributed by atoms with E-state index in [1.54, 1.807) is 23.1 Å². The van der Waals surface area contributed by atoms with Crippen LogP contribution in [-0.4, -0.2) is 77.1 Å². The fourth-order valence-electron chi connectivity index (χ4n) is 5.05. The molecule has 3 aromatic rings. The van der Waals surface area contributed by atoms with Gasteiger partial charge in [-0.25, -0.2) is 9.07 Å². The number of rotatable bonds is 7. The van der Waals surface area contributed by atoms with Crippen LogP contribution in [0.25, 0.3) is 34.3 Å². The maximum absolute atomic E-state index is 14.2. The summed E-state index contributed by atoms with van der Waals surface area (Å²) >= 11 is 0. The van der Waals surface area contributed by atoms with Crippen molar-refractivity contribution >= 4 is 23.2 Å². The molecule has 0 aliphatic carbocycles. The molecule has 0 spiro atoms. The van der Waals surface area contributed by atoms with E-state index in [-0.39, 0.29) is 5.75 Å². The van der Waals surface area contributed by atoms with Crippen molar-refractivity contribution in [3.05, 3.63) is 54.8 Å². The van der Waals surface area contributed by atoms with Gasteiger partial charge in [0, 0.05) is 61.8 Å². The second-order valence-corrected chi connectivity index (χ2v) is 8.84. The highest BCUT2D eigenvalue weighted by atomic mass is 19.1. The molecule has 1 aromatic carbocycles. The monoisotopic (exact) mass is 462 g/mol. The SMILES string of the molecule is C=Cn1ncc(-c2ccnc3cc(F)c(OC)cc23)c1/C=C\CN1CCC(N2CCNC2)CC1. The number of nitrogens with zero attached hydrogens (tertiary/aromatic N) is 5. The molecule has 2 aromatic heterocycles. The first kappa shape index (κ1) is 22.7. The zero-order valence-corrected chi connectivity index (χ0v) is 19.6. The Balaban J connectivity index is 1.36. The molecule has 34 heavy (non-hydrogen) atoms. The van der Waals surface area contributed by atoms with E-state index >= 15 is 0 Å². The third kappa shape index (κ3) is 4.49. The number of hydrogen-bond acceptors (Lipinski definition) is 6. The Labute approximate surface area is 199 Å². The molecule has 0 bridgehead atoms. The predicted molar refractivity (Wildman–Crippen MR) is 134 cm³/mol. The Bertz CT molecular complexity index is 1190. The van der Waals surface area contributed by atoms with Crippen molar-refractivity contribution < 1.29 is 9.13 Å². The zero-order valence-electron chi connectivity index (χ0n) is 19.6. The molecule has 2 saturated heterocycles. The molecule has 8 heteroatoms. The Morgan fingerprint density at radius 3 is 2.82 bits per heavy atom. The standard InChI is InChI=1S/C26H31FN6O/c1-3-33-25(5-4-11-31-12-7-19(8-13-31)32-14-10-28-18-32)22(17-30-33)20-6-9-29-24-16-23(27)26(34-2)15-21(20)24/h3-6,9,15-17,19,28H,1,7-8,10-14,18H2,2H3/b5-4-. The van der Waals surface area contributed by atoms with E-state index in [0.29, 0.717) is 11.6 Å². The van der Waals surface area contributed by atoms with Gasteiger partial charge < -0.3 is 10.1 Å². The van der Waals surface area contributed by atoms with Gasteiger partial charge in [-0.1, -0.05) is 12.7 Å². The molecule has 0 saturated carbocycles. The Morgan fingerprint density at radius 1 is 1.24 bits per heavy atom. The molecule has 1 N–H and O–H groups in total. The van der Waals surface area contributed by atoms with Gasteiger partial charge >= 0.3 is 0 Å². The van der Waals surface area contributed by atoms with Crippen LogP contribution in [0.15, 0.2) is 43.2 Å². The summed E-state index contributed by atoms with van der Waals surface area (Å²) < 4.78 is 21.2. The summed E-state index contributed by atoms with van der Waals surface area (Å²) in [6.45, 7) is 10.3. The number of halogens is 1. The average Bonchev–Trinajstić information content (AvgIpc) is 3.54. The second-order valence-electron chi connectivity index (χ2n) is 8.84. The largest absolute Gasteiger partial charge is 0.494 e. The first-order chi connectivity index (χ1) is 16.7. The van der Waals surface area contributed by atoms with Crippen LogP contribution in [0, 0.1) is 5.82 Å². The molecule has 178 valence electrons. The van der Waals surface area contributed by atoms with Gasteiger partial charge in [-0.3, -0.25) is 14.8 Å². The van der Waals surface area contributed by atoms with Gasteiger partial charge in [0.2, 0.25) is 0 Å².